The summed E-state index contributed by atoms with van der Waals surface area (Å²) in [6, 6.07) is 5.93. The van der Waals surface area contributed by atoms with E-state index in [1.54, 1.807) is 6.92 Å². The van der Waals surface area contributed by atoms with E-state index in [0.29, 0.717) is 17.2 Å². The Morgan fingerprint density at radius 1 is 1.09 bits per heavy atom. The van der Waals surface area contributed by atoms with Crippen LogP contribution < -0.4 is 15.4 Å². The Labute approximate surface area is 196 Å². The van der Waals surface area contributed by atoms with Crippen LogP contribution in [0, 0.1) is 0 Å². The molecule has 1 aromatic carbocycles. The monoisotopic (exact) mass is 494 g/mol. The summed E-state index contributed by atoms with van der Waals surface area (Å²) < 4.78 is 35.0. The van der Waals surface area contributed by atoms with Gasteiger partial charge in [-0.2, -0.15) is 0 Å². The Balaban J connectivity index is 1.72. The van der Waals surface area contributed by atoms with E-state index in [1.165, 1.54) is 42.7 Å². The summed E-state index contributed by atoms with van der Waals surface area (Å²) in [6.45, 7) is 1.75. The highest BCUT2D eigenvalue weighted by Gasteiger charge is 2.28. The molecule has 0 saturated carbocycles. The number of hydrogen-bond acceptors (Lipinski definition) is 8. The van der Waals surface area contributed by atoms with Crippen molar-refractivity contribution >= 4 is 44.1 Å². The largest absolute Gasteiger partial charge is 0.497 e. The van der Waals surface area contributed by atoms with Crippen molar-refractivity contribution in [1.82, 2.24) is 5.32 Å². The lowest BCUT2D eigenvalue weighted by atomic mass is 9.95. The first kappa shape index (κ1) is 24.7. The number of amides is 3. The van der Waals surface area contributed by atoms with Crippen molar-refractivity contribution in [3.05, 3.63) is 40.3 Å². The van der Waals surface area contributed by atoms with Gasteiger partial charge in [0.05, 0.1) is 29.9 Å². The van der Waals surface area contributed by atoms with Gasteiger partial charge >= 0.3 is 6.09 Å². The third-order valence-electron chi connectivity index (χ3n) is 5.16. The molecule has 0 radical (unpaired) electrons. The molecule has 0 saturated heterocycles. The number of nitrogens with one attached hydrogen (secondary N) is 2. The minimum Gasteiger partial charge on any atom is -0.497 e. The molecule has 2 aromatic rings. The molecule has 0 bridgehead atoms. The van der Waals surface area contributed by atoms with Crippen molar-refractivity contribution in [2.75, 3.05) is 24.8 Å². The summed E-state index contributed by atoms with van der Waals surface area (Å²) in [6.07, 6.45) is 2.17. The third kappa shape index (κ3) is 6.11. The van der Waals surface area contributed by atoms with E-state index < -0.39 is 27.7 Å². The van der Waals surface area contributed by atoms with Gasteiger partial charge in [0.2, 0.25) is 5.91 Å². The highest BCUT2D eigenvalue weighted by Crippen LogP contribution is 2.38. The van der Waals surface area contributed by atoms with Crippen molar-refractivity contribution in [2.45, 2.75) is 43.9 Å². The number of carbonyl (C=O) groups excluding carboxylic acids is 3. The van der Waals surface area contributed by atoms with Gasteiger partial charge in [-0.25, -0.2) is 13.2 Å². The maximum absolute atomic E-state index is 12.8. The first-order valence-corrected chi connectivity index (χ1v) is 13.0. The molecule has 11 heteroatoms. The lowest BCUT2D eigenvalue weighted by Crippen LogP contribution is -2.32. The topological polar surface area (TPSA) is 128 Å². The van der Waals surface area contributed by atoms with Gasteiger partial charge in [-0.15, -0.1) is 11.3 Å². The zero-order valence-corrected chi connectivity index (χ0v) is 20.1. The summed E-state index contributed by atoms with van der Waals surface area (Å²) in [7, 11) is -2.19. The van der Waals surface area contributed by atoms with E-state index in [-0.39, 0.29) is 29.2 Å². The van der Waals surface area contributed by atoms with Crippen LogP contribution in [0.25, 0.3) is 0 Å². The first-order valence-electron chi connectivity index (χ1n) is 10.5. The van der Waals surface area contributed by atoms with Crippen molar-refractivity contribution < 1.29 is 32.3 Å². The van der Waals surface area contributed by atoms with E-state index >= 15 is 0 Å². The van der Waals surface area contributed by atoms with Gasteiger partial charge in [0.1, 0.15) is 10.8 Å². The van der Waals surface area contributed by atoms with Gasteiger partial charge in [0, 0.05) is 11.3 Å². The third-order valence-corrected chi connectivity index (χ3v) is 8.10. The van der Waals surface area contributed by atoms with Crippen LogP contribution in [0.15, 0.2) is 29.2 Å². The number of hydrogen-bond donors (Lipinski definition) is 2. The molecule has 3 amide bonds. The number of ether oxygens (including phenoxy) is 2. The predicted octanol–water partition coefficient (Wildman–Crippen LogP) is 3.32. The number of benzene rings is 1. The fourth-order valence-corrected chi connectivity index (χ4v) is 6.08. The number of sulfone groups is 1. The summed E-state index contributed by atoms with van der Waals surface area (Å²) in [5.41, 5.74) is 1.06. The Hall–Kier alpha value is -2.92. The van der Waals surface area contributed by atoms with Gasteiger partial charge in [0.15, 0.2) is 9.84 Å². The van der Waals surface area contributed by atoms with Gasteiger partial charge in [-0.1, -0.05) is 0 Å². The lowest BCUT2D eigenvalue weighted by Gasteiger charge is -2.13. The highest BCUT2D eigenvalue weighted by atomic mass is 32.2. The predicted molar refractivity (Wildman–Crippen MR) is 124 cm³/mol. The van der Waals surface area contributed by atoms with E-state index in [0.717, 1.165) is 29.7 Å². The quantitative estimate of drug-likeness (QED) is 0.576. The molecule has 0 fully saturated rings. The van der Waals surface area contributed by atoms with Crippen LogP contribution in [0.1, 0.15) is 47.0 Å². The fraction of sp³-hybridized carbons (Fsp3) is 0.409. The molecule has 3 rings (SSSR count). The molecule has 9 nitrogen and oxygen atoms in total. The van der Waals surface area contributed by atoms with E-state index in [9.17, 15) is 22.8 Å². The molecule has 0 atom stereocenters. The summed E-state index contributed by atoms with van der Waals surface area (Å²) >= 11 is 1.28. The molecule has 0 aliphatic heterocycles. The molecule has 1 aliphatic rings. The Bertz CT molecular complexity index is 1140. The van der Waals surface area contributed by atoms with Crippen LogP contribution in [0.5, 0.6) is 5.75 Å². The fourth-order valence-electron chi connectivity index (χ4n) is 3.53. The molecule has 0 unspecified atom stereocenters. The number of fused-ring (bicyclic) bond motifs is 1. The number of carbonyl (C=O) groups is 3. The van der Waals surface area contributed by atoms with Crippen LogP contribution in [-0.2, 0) is 32.2 Å². The van der Waals surface area contributed by atoms with Crippen LogP contribution >= 0.6 is 11.3 Å². The van der Waals surface area contributed by atoms with Gasteiger partial charge in [-0.3, -0.25) is 14.9 Å². The average molecular weight is 495 g/mol. The number of aryl methyl sites for hydroxylation is 1. The maximum Gasteiger partial charge on any atom is 0.414 e. The second kappa shape index (κ2) is 10.8. The van der Waals surface area contributed by atoms with Gasteiger partial charge in [-0.05, 0) is 62.4 Å². The first-order chi connectivity index (χ1) is 15.7. The highest BCUT2D eigenvalue weighted by molar-refractivity contribution is 7.91. The molecule has 1 aliphatic carbocycles. The average Bonchev–Trinajstić information content (AvgIpc) is 3.15. The number of anilines is 1. The van der Waals surface area contributed by atoms with Crippen molar-refractivity contribution in [3.63, 3.8) is 0 Å². The van der Waals surface area contributed by atoms with Gasteiger partial charge < -0.3 is 14.8 Å². The Morgan fingerprint density at radius 2 is 1.79 bits per heavy atom. The van der Waals surface area contributed by atoms with Crippen molar-refractivity contribution in [2.24, 2.45) is 0 Å². The summed E-state index contributed by atoms with van der Waals surface area (Å²) in [5.74, 6) is -1.03. The Kier molecular flexibility index (Phi) is 8.09. The molecule has 1 heterocycles. The molecule has 178 valence electrons. The number of imide groups is 1. The maximum atomic E-state index is 12.8. The molecular weight excluding hydrogens is 468 g/mol. The van der Waals surface area contributed by atoms with E-state index in [1.807, 2.05) is 0 Å². The number of thiophene rings is 1. The second-order valence-corrected chi connectivity index (χ2v) is 10.6. The van der Waals surface area contributed by atoms with Crippen LogP contribution in [0.2, 0.25) is 0 Å². The normalized spacial score (nSPS) is 13.0. The number of alkyl carbamates (subject to hydrolysis) is 1. The summed E-state index contributed by atoms with van der Waals surface area (Å²) in [5, 5.41) is 5.18. The molecule has 1 aromatic heterocycles. The number of rotatable bonds is 8. The minimum atomic E-state index is -3.68. The minimum absolute atomic E-state index is 0.0946. The second-order valence-electron chi connectivity index (χ2n) is 7.38. The van der Waals surface area contributed by atoms with E-state index in [4.69, 9.17) is 9.47 Å². The zero-order chi connectivity index (χ0) is 24.0. The van der Waals surface area contributed by atoms with E-state index in [2.05, 4.69) is 10.6 Å². The molecular formula is C22H26N2O7S2. The molecule has 2 N–H and O–H groups in total. The van der Waals surface area contributed by atoms with Gasteiger partial charge in [0.25, 0.3) is 5.91 Å². The molecule has 33 heavy (non-hydrogen) atoms. The van der Waals surface area contributed by atoms with Crippen molar-refractivity contribution in [3.8, 4) is 5.75 Å². The lowest BCUT2D eigenvalue weighted by molar-refractivity contribution is -0.115. The van der Waals surface area contributed by atoms with Crippen molar-refractivity contribution in [1.29, 1.82) is 0 Å². The van der Waals surface area contributed by atoms with Crippen LogP contribution in [0.3, 0.4) is 0 Å². The SMILES string of the molecule is CCOC(=O)NC(=O)c1c(NC(=O)CCS(=O)(=O)c2ccc(OC)cc2)sc2c1CCCC2. The standard InChI is InChI=1S/C22H26N2O7S2/c1-3-31-22(27)24-20(26)19-16-6-4-5-7-17(16)32-21(19)23-18(25)12-13-33(28,29)15-10-8-14(30-2)9-11-15/h8-11H,3-7,12-13H2,1-2H3,(H,23,25)(H,24,26,27). The summed E-state index contributed by atoms with van der Waals surface area (Å²) in [4.78, 5) is 38.2. The zero-order valence-electron chi connectivity index (χ0n) is 18.4. The number of methoxy groups -OCH3 is 1. The molecule has 0 spiro atoms. The Morgan fingerprint density at radius 3 is 2.45 bits per heavy atom. The smallest absolute Gasteiger partial charge is 0.414 e. The van der Waals surface area contributed by atoms with Crippen LogP contribution in [-0.4, -0.2) is 45.8 Å². The van der Waals surface area contributed by atoms with Crippen LogP contribution in [0.4, 0.5) is 9.80 Å².